The molecule has 1 fully saturated rings. The number of carbonyl (C=O) groups excluding carboxylic acids is 1. The Morgan fingerprint density at radius 2 is 2.36 bits per heavy atom. The van der Waals surface area contributed by atoms with Gasteiger partial charge in [0.15, 0.2) is 0 Å². The topological polar surface area (TPSA) is 39.2 Å². The molecule has 0 aliphatic heterocycles. The molecule has 0 aromatic carbocycles. The molecule has 0 saturated heterocycles. The Balaban J connectivity index is 2.00. The summed E-state index contributed by atoms with van der Waals surface area (Å²) in [4.78, 5) is 15.0. The smallest absolute Gasteiger partial charge is 0.139 e. The van der Waals surface area contributed by atoms with Crippen molar-refractivity contribution in [2.45, 2.75) is 25.4 Å². The van der Waals surface area contributed by atoms with Crippen molar-refractivity contribution in [2.24, 2.45) is 0 Å². The fourth-order valence-electron chi connectivity index (χ4n) is 1.53. The molecule has 1 aromatic rings. The van der Waals surface area contributed by atoms with Crippen LogP contribution in [-0.4, -0.2) is 16.9 Å². The summed E-state index contributed by atoms with van der Waals surface area (Å²) < 4.78 is 6.50. The van der Waals surface area contributed by atoms with Crippen molar-refractivity contribution in [3.05, 3.63) is 22.9 Å². The highest BCUT2D eigenvalue weighted by Crippen LogP contribution is 2.23. The second-order valence-corrected chi connectivity index (χ2v) is 4.28. The minimum atomic E-state index is 0.0404. The van der Waals surface area contributed by atoms with Crippen LogP contribution in [0, 0.1) is 0 Å². The van der Waals surface area contributed by atoms with Crippen LogP contribution in [0.25, 0.3) is 0 Å². The lowest BCUT2D eigenvalue weighted by Gasteiger charge is -2.11. The standard InChI is InChI=1S/C10H10BrNO2/c11-7-3-10(6-12-5-7)14-9-2-1-8(13)4-9/h3,5-6,9H,1-2,4H2. The maximum atomic E-state index is 11.0. The van der Waals surface area contributed by atoms with Crippen LogP contribution in [0.3, 0.4) is 0 Å². The van der Waals surface area contributed by atoms with Gasteiger partial charge in [-0.25, -0.2) is 0 Å². The molecule has 1 aromatic heterocycles. The molecule has 1 unspecified atom stereocenters. The molecule has 14 heavy (non-hydrogen) atoms. The Kier molecular flexibility index (Phi) is 2.82. The van der Waals surface area contributed by atoms with Gasteiger partial charge in [-0.15, -0.1) is 0 Å². The molecule has 74 valence electrons. The second kappa shape index (κ2) is 4.09. The molecule has 1 heterocycles. The van der Waals surface area contributed by atoms with Gasteiger partial charge < -0.3 is 4.74 Å². The van der Waals surface area contributed by atoms with E-state index in [1.165, 1.54) is 0 Å². The molecule has 0 bridgehead atoms. The fourth-order valence-corrected chi connectivity index (χ4v) is 1.87. The quantitative estimate of drug-likeness (QED) is 0.815. The maximum Gasteiger partial charge on any atom is 0.139 e. The van der Waals surface area contributed by atoms with Crippen molar-refractivity contribution in [1.82, 2.24) is 4.98 Å². The number of ether oxygens (including phenoxy) is 1. The van der Waals surface area contributed by atoms with Gasteiger partial charge in [0.25, 0.3) is 0 Å². The Hall–Kier alpha value is -0.900. The van der Waals surface area contributed by atoms with Crippen LogP contribution in [0.4, 0.5) is 0 Å². The summed E-state index contributed by atoms with van der Waals surface area (Å²) in [5.74, 6) is 1.01. The van der Waals surface area contributed by atoms with E-state index in [-0.39, 0.29) is 11.9 Å². The third-order valence-corrected chi connectivity index (χ3v) is 2.62. The van der Waals surface area contributed by atoms with Gasteiger partial charge in [0, 0.05) is 23.5 Å². The van der Waals surface area contributed by atoms with Crippen LogP contribution in [-0.2, 0) is 4.79 Å². The first-order chi connectivity index (χ1) is 6.74. The third kappa shape index (κ3) is 2.32. The molecule has 0 spiro atoms. The van der Waals surface area contributed by atoms with Gasteiger partial charge >= 0.3 is 0 Å². The Labute approximate surface area is 90.6 Å². The SMILES string of the molecule is O=C1CCC(Oc2cncc(Br)c2)C1. The molecule has 0 radical (unpaired) electrons. The van der Waals surface area contributed by atoms with Crippen molar-refractivity contribution in [3.8, 4) is 5.75 Å². The van der Waals surface area contributed by atoms with E-state index >= 15 is 0 Å². The number of pyridine rings is 1. The predicted octanol–water partition coefficient (Wildman–Crippen LogP) is 2.34. The van der Waals surface area contributed by atoms with Gasteiger partial charge in [0.1, 0.15) is 17.6 Å². The Bertz CT molecular complexity index is 354. The van der Waals surface area contributed by atoms with Crippen LogP contribution in [0.1, 0.15) is 19.3 Å². The number of halogens is 1. The highest BCUT2D eigenvalue weighted by atomic mass is 79.9. The average Bonchev–Trinajstić information content (AvgIpc) is 2.51. The highest BCUT2D eigenvalue weighted by molar-refractivity contribution is 9.10. The van der Waals surface area contributed by atoms with E-state index < -0.39 is 0 Å². The van der Waals surface area contributed by atoms with E-state index in [1.54, 1.807) is 12.4 Å². The van der Waals surface area contributed by atoms with Gasteiger partial charge in [0.2, 0.25) is 0 Å². The second-order valence-electron chi connectivity index (χ2n) is 3.36. The molecule has 0 amide bonds. The molecule has 0 N–H and O–H groups in total. The molecule has 1 saturated carbocycles. The summed E-state index contributed by atoms with van der Waals surface area (Å²) in [7, 11) is 0. The van der Waals surface area contributed by atoms with E-state index in [9.17, 15) is 4.79 Å². The van der Waals surface area contributed by atoms with Crippen molar-refractivity contribution < 1.29 is 9.53 Å². The van der Waals surface area contributed by atoms with Crippen LogP contribution in [0.2, 0.25) is 0 Å². The maximum absolute atomic E-state index is 11.0. The zero-order chi connectivity index (χ0) is 9.97. The summed E-state index contributed by atoms with van der Waals surface area (Å²) in [5, 5.41) is 0. The number of aromatic nitrogens is 1. The van der Waals surface area contributed by atoms with Crippen molar-refractivity contribution in [2.75, 3.05) is 0 Å². The lowest BCUT2D eigenvalue weighted by molar-refractivity contribution is -0.117. The zero-order valence-electron chi connectivity index (χ0n) is 7.57. The molecular weight excluding hydrogens is 246 g/mol. The summed E-state index contributed by atoms with van der Waals surface area (Å²) in [5.41, 5.74) is 0. The molecule has 1 aliphatic rings. The monoisotopic (exact) mass is 255 g/mol. The van der Waals surface area contributed by atoms with E-state index in [0.29, 0.717) is 12.8 Å². The van der Waals surface area contributed by atoms with E-state index in [4.69, 9.17) is 4.74 Å². The minimum Gasteiger partial charge on any atom is -0.488 e. The summed E-state index contributed by atoms with van der Waals surface area (Å²) in [6.45, 7) is 0. The van der Waals surface area contributed by atoms with Crippen molar-refractivity contribution >= 4 is 21.7 Å². The average molecular weight is 256 g/mol. The number of hydrogen-bond acceptors (Lipinski definition) is 3. The number of hydrogen-bond donors (Lipinski definition) is 0. The van der Waals surface area contributed by atoms with Crippen LogP contribution in [0.15, 0.2) is 22.9 Å². The fraction of sp³-hybridized carbons (Fsp3) is 0.400. The summed E-state index contributed by atoms with van der Waals surface area (Å²) in [6, 6.07) is 1.86. The van der Waals surface area contributed by atoms with Crippen molar-refractivity contribution in [3.63, 3.8) is 0 Å². The Morgan fingerprint density at radius 1 is 1.50 bits per heavy atom. The minimum absolute atomic E-state index is 0.0404. The van der Waals surface area contributed by atoms with Gasteiger partial charge in [-0.3, -0.25) is 9.78 Å². The van der Waals surface area contributed by atoms with E-state index in [1.807, 2.05) is 6.07 Å². The number of ketones is 1. The van der Waals surface area contributed by atoms with Gasteiger partial charge in [-0.05, 0) is 28.4 Å². The van der Waals surface area contributed by atoms with Crippen LogP contribution >= 0.6 is 15.9 Å². The van der Waals surface area contributed by atoms with E-state index in [2.05, 4.69) is 20.9 Å². The first-order valence-electron chi connectivity index (χ1n) is 4.53. The van der Waals surface area contributed by atoms with Crippen LogP contribution in [0.5, 0.6) is 5.75 Å². The first kappa shape index (κ1) is 9.65. The van der Waals surface area contributed by atoms with Crippen LogP contribution < -0.4 is 4.74 Å². The zero-order valence-corrected chi connectivity index (χ0v) is 9.16. The molecule has 3 nitrogen and oxygen atoms in total. The summed E-state index contributed by atoms with van der Waals surface area (Å²) in [6.07, 6.45) is 5.41. The number of Topliss-reactive ketones (excluding diaryl/α,β-unsaturated/α-hetero) is 1. The van der Waals surface area contributed by atoms with Crippen molar-refractivity contribution in [1.29, 1.82) is 0 Å². The largest absolute Gasteiger partial charge is 0.488 e. The molecular formula is C10H10BrNO2. The molecule has 2 rings (SSSR count). The normalized spacial score (nSPS) is 21.2. The lowest BCUT2D eigenvalue weighted by atomic mass is 10.3. The van der Waals surface area contributed by atoms with Gasteiger partial charge in [-0.2, -0.15) is 0 Å². The Morgan fingerprint density at radius 3 is 3.00 bits per heavy atom. The highest BCUT2D eigenvalue weighted by Gasteiger charge is 2.23. The molecule has 1 aliphatic carbocycles. The number of carbonyl (C=O) groups is 1. The van der Waals surface area contributed by atoms with E-state index in [0.717, 1.165) is 16.6 Å². The number of rotatable bonds is 2. The van der Waals surface area contributed by atoms with Gasteiger partial charge in [0.05, 0.1) is 6.20 Å². The molecule has 4 heteroatoms. The molecule has 1 atom stereocenters. The first-order valence-corrected chi connectivity index (χ1v) is 5.32. The third-order valence-electron chi connectivity index (χ3n) is 2.18. The number of nitrogens with zero attached hydrogens (tertiary/aromatic N) is 1. The summed E-state index contributed by atoms with van der Waals surface area (Å²) >= 11 is 3.31. The predicted molar refractivity (Wildman–Crippen MR) is 55.2 cm³/mol. The lowest BCUT2D eigenvalue weighted by Crippen LogP contribution is -2.12. The van der Waals surface area contributed by atoms with Gasteiger partial charge in [-0.1, -0.05) is 0 Å².